The number of anilines is 2. The number of nitrogens with one attached hydrogen (secondary N) is 1. The minimum Gasteiger partial charge on any atom is -0.397 e. The molecule has 0 radical (unpaired) electrons. The van der Waals surface area contributed by atoms with E-state index in [1.54, 1.807) is 23.5 Å². The van der Waals surface area contributed by atoms with Gasteiger partial charge in [-0.15, -0.1) is 11.3 Å². The molecule has 2 aromatic rings. The summed E-state index contributed by atoms with van der Waals surface area (Å²) in [7, 11) is 0. The highest BCUT2D eigenvalue weighted by Crippen LogP contribution is 2.31. The Kier molecular flexibility index (Phi) is 4.38. The van der Waals surface area contributed by atoms with Gasteiger partial charge < -0.3 is 11.1 Å². The molecule has 0 aliphatic rings. The molecule has 2 nitrogen and oxygen atoms in total. The molecule has 0 amide bonds. The van der Waals surface area contributed by atoms with Crippen molar-refractivity contribution in [2.24, 2.45) is 0 Å². The predicted octanol–water partition coefficient (Wildman–Crippen LogP) is 4.81. The highest BCUT2D eigenvalue weighted by atomic mass is 35.5. The molecule has 1 heterocycles. The highest BCUT2D eigenvalue weighted by Gasteiger charge is 2.07. The first-order valence-electron chi connectivity index (χ1n) is 5.65. The Balaban J connectivity index is 2.13. The average molecular weight is 301 g/mol. The van der Waals surface area contributed by atoms with Gasteiger partial charge in [0.05, 0.1) is 21.4 Å². The van der Waals surface area contributed by atoms with Gasteiger partial charge in [-0.05, 0) is 35.6 Å². The van der Waals surface area contributed by atoms with Gasteiger partial charge in [0, 0.05) is 11.4 Å². The minimum absolute atomic E-state index is 0.477. The van der Waals surface area contributed by atoms with E-state index in [-0.39, 0.29) is 0 Å². The van der Waals surface area contributed by atoms with Gasteiger partial charge >= 0.3 is 0 Å². The van der Waals surface area contributed by atoms with Crippen molar-refractivity contribution in [1.82, 2.24) is 0 Å². The molecular formula is C13H14Cl2N2S. The second-order valence-corrected chi connectivity index (χ2v) is 5.74. The molecule has 0 saturated heterocycles. The molecule has 5 heteroatoms. The van der Waals surface area contributed by atoms with E-state index in [2.05, 4.69) is 23.7 Å². The second-order valence-electron chi connectivity index (χ2n) is 3.93. The van der Waals surface area contributed by atoms with E-state index in [0.717, 1.165) is 18.7 Å². The van der Waals surface area contributed by atoms with E-state index in [1.807, 2.05) is 0 Å². The van der Waals surface area contributed by atoms with E-state index < -0.39 is 0 Å². The van der Waals surface area contributed by atoms with Crippen LogP contribution in [0, 0.1) is 0 Å². The molecular weight excluding hydrogens is 287 g/mol. The van der Waals surface area contributed by atoms with Crippen LogP contribution in [-0.4, -0.2) is 0 Å². The number of halogens is 2. The fourth-order valence-corrected chi connectivity index (χ4v) is 2.98. The molecule has 0 spiro atoms. The van der Waals surface area contributed by atoms with Crippen LogP contribution in [0.15, 0.2) is 23.6 Å². The highest BCUT2D eigenvalue weighted by molar-refractivity contribution is 7.10. The van der Waals surface area contributed by atoms with Crippen molar-refractivity contribution in [3.05, 3.63) is 44.1 Å². The topological polar surface area (TPSA) is 38.0 Å². The number of nitrogen functional groups attached to an aromatic ring is 1. The van der Waals surface area contributed by atoms with Crippen LogP contribution < -0.4 is 11.1 Å². The molecule has 1 aromatic carbocycles. The molecule has 0 atom stereocenters. The molecule has 96 valence electrons. The van der Waals surface area contributed by atoms with Crippen molar-refractivity contribution in [2.75, 3.05) is 11.1 Å². The average Bonchev–Trinajstić information content (AvgIpc) is 2.79. The standard InChI is InChI=1S/C13H14Cl2N2S/c1-2-8-3-4-18-13(8)7-17-12-6-10(15)9(14)5-11(12)16/h3-6,17H,2,7,16H2,1H3. The van der Waals surface area contributed by atoms with Crippen molar-refractivity contribution in [1.29, 1.82) is 0 Å². The summed E-state index contributed by atoms with van der Waals surface area (Å²) in [6, 6.07) is 5.58. The van der Waals surface area contributed by atoms with Gasteiger partial charge in [0.2, 0.25) is 0 Å². The lowest BCUT2D eigenvalue weighted by Crippen LogP contribution is -2.02. The summed E-state index contributed by atoms with van der Waals surface area (Å²) in [5.74, 6) is 0. The Morgan fingerprint density at radius 3 is 2.72 bits per heavy atom. The number of hydrogen-bond donors (Lipinski definition) is 2. The summed E-state index contributed by atoms with van der Waals surface area (Å²) < 4.78 is 0. The Hall–Kier alpha value is -0.900. The third-order valence-corrected chi connectivity index (χ3v) is 4.44. The Morgan fingerprint density at radius 2 is 2.00 bits per heavy atom. The van der Waals surface area contributed by atoms with Crippen molar-refractivity contribution >= 4 is 45.9 Å². The fourth-order valence-electron chi connectivity index (χ4n) is 1.73. The van der Waals surface area contributed by atoms with Crippen molar-refractivity contribution in [2.45, 2.75) is 19.9 Å². The molecule has 0 aliphatic carbocycles. The van der Waals surface area contributed by atoms with Crippen LogP contribution in [0.3, 0.4) is 0 Å². The molecule has 0 saturated carbocycles. The lowest BCUT2D eigenvalue weighted by Gasteiger charge is -2.10. The maximum atomic E-state index is 5.98. The maximum Gasteiger partial charge on any atom is 0.0614 e. The van der Waals surface area contributed by atoms with Gasteiger partial charge in [0.15, 0.2) is 0 Å². The van der Waals surface area contributed by atoms with Crippen LogP contribution in [0.5, 0.6) is 0 Å². The molecule has 18 heavy (non-hydrogen) atoms. The van der Waals surface area contributed by atoms with E-state index in [0.29, 0.717) is 15.7 Å². The summed E-state index contributed by atoms with van der Waals surface area (Å²) >= 11 is 13.6. The largest absolute Gasteiger partial charge is 0.397 e. The van der Waals surface area contributed by atoms with Crippen LogP contribution in [0.4, 0.5) is 11.4 Å². The van der Waals surface area contributed by atoms with E-state index >= 15 is 0 Å². The summed E-state index contributed by atoms with van der Waals surface area (Å²) in [6.07, 6.45) is 1.04. The number of rotatable bonds is 4. The second kappa shape index (κ2) is 5.83. The molecule has 0 aliphatic heterocycles. The smallest absolute Gasteiger partial charge is 0.0614 e. The Labute approximate surface area is 121 Å². The summed E-state index contributed by atoms with van der Waals surface area (Å²) in [5, 5.41) is 6.39. The molecule has 0 fully saturated rings. The van der Waals surface area contributed by atoms with Crippen LogP contribution in [-0.2, 0) is 13.0 Å². The molecule has 1 aromatic heterocycles. The quantitative estimate of drug-likeness (QED) is 0.795. The zero-order valence-corrected chi connectivity index (χ0v) is 12.3. The van der Waals surface area contributed by atoms with Gasteiger partial charge in [-0.1, -0.05) is 30.1 Å². The van der Waals surface area contributed by atoms with Gasteiger partial charge in [-0.25, -0.2) is 0 Å². The van der Waals surface area contributed by atoms with Gasteiger partial charge in [-0.3, -0.25) is 0 Å². The lowest BCUT2D eigenvalue weighted by molar-refractivity contribution is 1.08. The van der Waals surface area contributed by atoms with Crippen LogP contribution in [0.1, 0.15) is 17.4 Å². The van der Waals surface area contributed by atoms with Crippen LogP contribution in [0.2, 0.25) is 10.0 Å². The zero-order valence-electron chi connectivity index (χ0n) is 9.97. The number of hydrogen-bond acceptors (Lipinski definition) is 3. The van der Waals surface area contributed by atoms with Crippen LogP contribution >= 0.6 is 34.5 Å². The van der Waals surface area contributed by atoms with Gasteiger partial charge in [-0.2, -0.15) is 0 Å². The first kappa shape index (κ1) is 13.5. The summed E-state index contributed by atoms with van der Waals surface area (Å²) in [4.78, 5) is 1.32. The number of benzene rings is 1. The monoisotopic (exact) mass is 300 g/mol. The summed E-state index contributed by atoms with van der Waals surface area (Å²) in [5.41, 5.74) is 8.69. The van der Waals surface area contributed by atoms with E-state index in [4.69, 9.17) is 28.9 Å². The van der Waals surface area contributed by atoms with Crippen molar-refractivity contribution in [3.8, 4) is 0 Å². The molecule has 3 N–H and O–H groups in total. The third-order valence-electron chi connectivity index (χ3n) is 2.75. The van der Waals surface area contributed by atoms with Gasteiger partial charge in [0.25, 0.3) is 0 Å². The zero-order chi connectivity index (χ0) is 13.1. The molecule has 0 bridgehead atoms. The maximum absolute atomic E-state index is 5.98. The number of thiophene rings is 1. The fraction of sp³-hybridized carbons (Fsp3) is 0.231. The Bertz CT molecular complexity index is 552. The van der Waals surface area contributed by atoms with E-state index in [9.17, 15) is 0 Å². The molecule has 0 unspecified atom stereocenters. The molecule has 2 rings (SSSR count). The lowest BCUT2D eigenvalue weighted by atomic mass is 10.2. The third kappa shape index (κ3) is 2.91. The van der Waals surface area contributed by atoms with Gasteiger partial charge in [0.1, 0.15) is 0 Å². The predicted molar refractivity (Wildman–Crippen MR) is 81.9 cm³/mol. The number of nitrogens with two attached hydrogens (primary N) is 1. The van der Waals surface area contributed by atoms with E-state index in [1.165, 1.54) is 10.4 Å². The number of aryl methyl sites for hydroxylation is 1. The minimum atomic E-state index is 0.477. The van der Waals surface area contributed by atoms with Crippen molar-refractivity contribution in [3.63, 3.8) is 0 Å². The first-order chi connectivity index (χ1) is 8.61. The van der Waals surface area contributed by atoms with Crippen LogP contribution in [0.25, 0.3) is 0 Å². The SMILES string of the molecule is CCc1ccsc1CNc1cc(Cl)c(Cl)cc1N. The Morgan fingerprint density at radius 1 is 1.28 bits per heavy atom. The first-order valence-corrected chi connectivity index (χ1v) is 7.29. The summed E-state index contributed by atoms with van der Waals surface area (Å²) in [6.45, 7) is 2.90. The normalized spacial score (nSPS) is 10.6. The van der Waals surface area contributed by atoms with Crippen molar-refractivity contribution < 1.29 is 0 Å².